The van der Waals surface area contributed by atoms with E-state index in [0.717, 1.165) is 45.4 Å². The molecule has 1 N–H and O–H groups in total. The molecular weight excluding hydrogens is 296 g/mol. The third kappa shape index (κ3) is 2.65. The molecule has 4 heteroatoms. The predicted molar refractivity (Wildman–Crippen MR) is 90.1 cm³/mol. The average molecular weight is 321 g/mol. The molecule has 120 valence electrons. The first-order chi connectivity index (χ1) is 10.3. The monoisotopic (exact) mass is 320 g/mol. The van der Waals surface area contributed by atoms with Crippen LogP contribution >= 0.6 is 12.4 Å². The fourth-order valence-electron chi connectivity index (χ4n) is 4.41. The molecule has 2 aliphatic heterocycles. The molecule has 1 aromatic carbocycles. The maximum Gasteiger partial charge on any atom is 0.229 e. The topological polar surface area (TPSA) is 32.3 Å². The van der Waals surface area contributed by atoms with Crippen molar-refractivity contribution in [3.05, 3.63) is 35.9 Å². The minimum Gasteiger partial charge on any atom is -0.342 e. The van der Waals surface area contributed by atoms with E-state index in [1.807, 2.05) is 6.07 Å². The Morgan fingerprint density at radius 3 is 2.32 bits per heavy atom. The highest BCUT2D eigenvalue weighted by Gasteiger charge is 2.49. The molecule has 1 aromatic rings. The van der Waals surface area contributed by atoms with Crippen molar-refractivity contribution in [2.24, 2.45) is 17.3 Å². The van der Waals surface area contributed by atoms with Crippen molar-refractivity contribution in [3.8, 4) is 0 Å². The van der Waals surface area contributed by atoms with Crippen LogP contribution in [0.25, 0.3) is 0 Å². The van der Waals surface area contributed by atoms with Crippen LogP contribution in [0, 0.1) is 17.3 Å². The van der Waals surface area contributed by atoms with E-state index in [4.69, 9.17) is 0 Å². The molecule has 1 amide bonds. The van der Waals surface area contributed by atoms with Crippen LogP contribution in [0.3, 0.4) is 0 Å². The first-order valence-corrected chi connectivity index (χ1v) is 8.31. The Morgan fingerprint density at radius 2 is 1.77 bits per heavy atom. The van der Waals surface area contributed by atoms with E-state index in [1.54, 1.807) is 0 Å². The summed E-state index contributed by atoms with van der Waals surface area (Å²) in [5, 5.41) is 3.45. The smallest absolute Gasteiger partial charge is 0.229 e. The highest BCUT2D eigenvalue weighted by molar-refractivity contribution is 5.85. The van der Waals surface area contributed by atoms with Gasteiger partial charge in [-0.1, -0.05) is 36.8 Å². The lowest BCUT2D eigenvalue weighted by Gasteiger charge is -2.43. The molecule has 0 bridgehead atoms. The standard InChI is InChI=1S/C18H24N2O.ClH/c21-17(20-12-15-10-19-11-16(15)13-20)18(7-4-8-18)9-14-5-2-1-3-6-14;/h1-3,5-6,15-16,19H,4,7-13H2;1H/t15-,16+;. The number of halogens is 1. The Kier molecular flexibility index (Phi) is 4.47. The summed E-state index contributed by atoms with van der Waals surface area (Å²) >= 11 is 0. The van der Waals surface area contributed by atoms with Gasteiger partial charge in [-0.05, 0) is 36.7 Å². The fraction of sp³-hybridized carbons (Fsp3) is 0.611. The number of carbonyl (C=O) groups is 1. The number of hydrogen-bond acceptors (Lipinski definition) is 2. The van der Waals surface area contributed by atoms with Gasteiger partial charge in [-0.15, -0.1) is 12.4 Å². The van der Waals surface area contributed by atoms with Crippen molar-refractivity contribution >= 4 is 18.3 Å². The van der Waals surface area contributed by atoms with Gasteiger partial charge in [0.2, 0.25) is 5.91 Å². The lowest BCUT2D eigenvalue weighted by Crippen LogP contribution is -2.49. The van der Waals surface area contributed by atoms with Crippen molar-refractivity contribution < 1.29 is 4.79 Å². The fourth-order valence-corrected chi connectivity index (χ4v) is 4.41. The van der Waals surface area contributed by atoms with Gasteiger partial charge >= 0.3 is 0 Å². The Hall–Kier alpha value is -1.06. The first-order valence-electron chi connectivity index (χ1n) is 8.31. The summed E-state index contributed by atoms with van der Waals surface area (Å²) in [7, 11) is 0. The van der Waals surface area contributed by atoms with E-state index < -0.39 is 0 Å². The van der Waals surface area contributed by atoms with E-state index in [9.17, 15) is 4.79 Å². The first kappa shape index (κ1) is 15.8. The van der Waals surface area contributed by atoms with E-state index in [1.165, 1.54) is 12.0 Å². The van der Waals surface area contributed by atoms with Crippen molar-refractivity contribution in [3.63, 3.8) is 0 Å². The number of nitrogens with zero attached hydrogens (tertiary/aromatic N) is 1. The van der Waals surface area contributed by atoms with E-state index in [-0.39, 0.29) is 17.8 Å². The van der Waals surface area contributed by atoms with Crippen molar-refractivity contribution in [2.75, 3.05) is 26.2 Å². The molecule has 0 unspecified atom stereocenters. The maximum atomic E-state index is 13.1. The minimum absolute atomic E-state index is 0. The molecule has 0 aromatic heterocycles. The molecule has 0 radical (unpaired) electrons. The Labute approximate surface area is 138 Å². The second-order valence-corrected chi connectivity index (χ2v) is 7.18. The molecular formula is C18H25ClN2O. The predicted octanol–water partition coefficient (Wildman–Crippen LogP) is 2.50. The van der Waals surface area contributed by atoms with Crippen LogP contribution in [-0.2, 0) is 11.2 Å². The Morgan fingerprint density at radius 1 is 1.14 bits per heavy atom. The zero-order chi connectivity index (χ0) is 14.3. The molecule has 2 saturated heterocycles. The van der Waals surface area contributed by atoms with Crippen LogP contribution in [0.1, 0.15) is 24.8 Å². The molecule has 4 rings (SSSR count). The summed E-state index contributed by atoms with van der Waals surface area (Å²) in [6, 6.07) is 10.5. The van der Waals surface area contributed by atoms with Crippen molar-refractivity contribution in [1.29, 1.82) is 0 Å². The number of carbonyl (C=O) groups excluding carboxylic acids is 1. The highest BCUT2D eigenvalue weighted by Crippen LogP contribution is 2.46. The largest absolute Gasteiger partial charge is 0.342 e. The van der Waals surface area contributed by atoms with Crippen molar-refractivity contribution in [2.45, 2.75) is 25.7 Å². The molecule has 22 heavy (non-hydrogen) atoms. The highest BCUT2D eigenvalue weighted by atomic mass is 35.5. The van der Waals surface area contributed by atoms with Crippen LogP contribution in [0.15, 0.2) is 30.3 Å². The third-order valence-electron chi connectivity index (χ3n) is 5.83. The van der Waals surface area contributed by atoms with Crippen LogP contribution in [0.4, 0.5) is 0 Å². The number of fused-ring (bicyclic) bond motifs is 1. The van der Waals surface area contributed by atoms with Gasteiger partial charge in [0.1, 0.15) is 0 Å². The zero-order valence-electron chi connectivity index (χ0n) is 13.0. The molecule has 1 saturated carbocycles. The second-order valence-electron chi connectivity index (χ2n) is 7.18. The summed E-state index contributed by atoms with van der Waals surface area (Å²) in [5.41, 5.74) is 1.22. The summed E-state index contributed by atoms with van der Waals surface area (Å²) in [4.78, 5) is 15.3. The zero-order valence-corrected chi connectivity index (χ0v) is 13.8. The Balaban J connectivity index is 0.00000144. The normalized spacial score (nSPS) is 28.6. The van der Waals surface area contributed by atoms with Gasteiger partial charge in [-0.2, -0.15) is 0 Å². The van der Waals surface area contributed by atoms with Gasteiger partial charge in [0.25, 0.3) is 0 Å². The lowest BCUT2D eigenvalue weighted by atomic mass is 9.64. The molecule has 3 nitrogen and oxygen atoms in total. The molecule has 2 heterocycles. The number of amides is 1. The van der Waals surface area contributed by atoms with Gasteiger partial charge in [0, 0.05) is 26.2 Å². The van der Waals surface area contributed by atoms with Gasteiger partial charge in [-0.25, -0.2) is 0 Å². The number of benzene rings is 1. The van der Waals surface area contributed by atoms with E-state index >= 15 is 0 Å². The van der Waals surface area contributed by atoms with E-state index in [2.05, 4.69) is 34.5 Å². The molecule has 0 spiro atoms. The molecule has 3 fully saturated rings. The summed E-state index contributed by atoms with van der Waals surface area (Å²) < 4.78 is 0. The van der Waals surface area contributed by atoms with Crippen LogP contribution < -0.4 is 5.32 Å². The van der Waals surface area contributed by atoms with Crippen LogP contribution in [0.5, 0.6) is 0 Å². The quantitative estimate of drug-likeness (QED) is 0.928. The SMILES string of the molecule is Cl.O=C(N1C[C@H]2CNC[C@H]2C1)C1(Cc2ccccc2)CCC1. The average Bonchev–Trinajstić information content (AvgIpc) is 3.04. The summed E-state index contributed by atoms with van der Waals surface area (Å²) in [6.45, 7) is 4.15. The number of likely N-dealkylation sites (tertiary alicyclic amines) is 1. The van der Waals surface area contributed by atoms with Crippen LogP contribution in [0.2, 0.25) is 0 Å². The molecule has 3 aliphatic rings. The molecule has 2 atom stereocenters. The molecule has 1 aliphatic carbocycles. The van der Waals surface area contributed by atoms with E-state index in [0.29, 0.717) is 17.7 Å². The maximum absolute atomic E-state index is 13.1. The van der Waals surface area contributed by atoms with Gasteiger partial charge in [0.05, 0.1) is 5.41 Å². The van der Waals surface area contributed by atoms with Gasteiger partial charge < -0.3 is 10.2 Å². The van der Waals surface area contributed by atoms with Crippen LogP contribution in [-0.4, -0.2) is 37.0 Å². The minimum atomic E-state index is -0.0899. The number of rotatable bonds is 3. The van der Waals surface area contributed by atoms with Gasteiger partial charge in [0.15, 0.2) is 0 Å². The van der Waals surface area contributed by atoms with Crippen molar-refractivity contribution in [1.82, 2.24) is 10.2 Å². The summed E-state index contributed by atoms with van der Waals surface area (Å²) in [6.07, 6.45) is 4.28. The number of hydrogen-bond donors (Lipinski definition) is 1. The number of nitrogens with one attached hydrogen (secondary N) is 1. The Bertz CT molecular complexity index is 517. The van der Waals surface area contributed by atoms with Gasteiger partial charge in [-0.3, -0.25) is 4.79 Å². The second kappa shape index (κ2) is 6.21. The lowest BCUT2D eigenvalue weighted by molar-refractivity contribution is -0.146. The third-order valence-corrected chi connectivity index (χ3v) is 5.83. The summed E-state index contributed by atoms with van der Waals surface area (Å²) in [5.74, 6) is 1.83.